The summed E-state index contributed by atoms with van der Waals surface area (Å²) in [5.41, 5.74) is 0. The van der Waals surface area contributed by atoms with Crippen LogP contribution >= 0.6 is 0 Å². The van der Waals surface area contributed by atoms with Crippen LogP contribution in [0.5, 0.6) is 0 Å². The maximum Gasteiger partial charge on any atom is 0.385 e. The summed E-state index contributed by atoms with van der Waals surface area (Å²) in [5, 5.41) is 0. The molecule has 6 heteroatoms. The second kappa shape index (κ2) is 7.33. The molecule has 0 saturated carbocycles. The fourth-order valence-corrected chi connectivity index (χ4v) is 1.55. The molecule has 1 aliphatic rings. The highest BCUT2D eigenvalue weighted by Gasteiger charge is 2.17. The second-order valence-electron chi connectivity index (χ2n) is 3.76. The summed E-state index contributed by atoms with van der Waals surface area (Å²) in [5.74, 6) is 1.89. The number of amides is 1. The summed E-state index contributed by atoms with van der Waals surface area (Å²) in [4.78, 5) is 35.0. The Morgan fingerprint density at radius 1 is 1.06 bits per heavy atom. The predicted octanol–water partition coefficient (Wildman–Crippen LogP) is -0.282. The van der Waals surface area contributed by atoms with Gasteiger partial charge in [0.2, 0.25) is 0 Å². The molecule has 0 N–H and O–H groups in total. The van der Waals surface area contributed by atoms with E-state index >= 15 is 0 Å². The van der Waals surface area contributed by atoms with Crippen molar-refractivity contribution in [1.82, 2.24) is 4.90 Å². The Balaban J connectivity index is 2.30. The van der Waals surface area contributed by atoms with Gasteiger partial charge in [-0.1, -0.05) is 0 Å². The zero-order chi connectivity index (χ0) is 13.4. The third-order valence-corrected chi connectivity index (χ3v) is 2.49. The summed E-state index contributed by atoms with van der Waals surface area (Å²) in [6.07, 6.45) is 3.07. The number of rotatable bonds is 2. The lowest BCUT2D eigenvalue weighted by Crippen LogP contribution is -2.38. The number of ether oxygens (including phenoxy) is 2. The van der Waals surface area contributed by atoms with E-state index in [9.17, 15) is 14.4 Å². The Morgan fingerprint density at radius 2 is 1.67 bits per heavy atom. The molecule has 1 heterocycles. The normalized spacial score (nSPS) is 14.2. The monoisotopic (exact) mass is 253 g/mol. The van der Waals surface area contributed by atoms with Gasteiger partial charge in [-0.05, 0) is 19.3 Å². The molecule has 98 valence electrons. The van der Waals surface area contributed by atoms with E-state index in [2.05, 4.69) is 9.47 Å². The first-order chi connectivity index (χ1) is 8.63. The largest absolute Gasteiger partial charge is 0.459 e. The molecule has 18 heavy (non-hydrogen) atoms. The molecule has 0 bridgehead atoms. The van der Waals surface area contributed by atoms with Crippen LogP contribution in [0.25, 0.3) is 0 Å². The van der Waals surface area contributed by atoms with Gasteiger partial charge < -0.3 is 14.4 Å². The highest BCUT2D eigenvalue weighted by atomic mass is 16.5. The lowest BCUT2D eigenvalue weighted by atomic mass is 10.1. The molecule has 0 aromatic heterocycles. The Bertz CT molecular complexity index is 387. The number of methoxy groups -OCH3 is 1. The van der Waals surface area contributed by atoms with Crippen molar-refractivity contribution in [2.75, 3.05) is 26.8 Å². The van der Waals surface area contributed by atoms with E-state index in [1.165, 1.54) is 0 Å². The average molecular weight is 253 g/mol. The van der Waals surface area contributed by atoms with Crippen LogP contribution in [0.1, 0.15) is 19.3 Å². The number of carbonyl (C=O) groups excluding carboxylic acids is 3. The van der Waals surface area contributed by atoms with E-state index in [-0.39, 0.29) is 12.5 Å². The minimum absolute atomic E-state index is 0.233. The number of hydrogen-bond acceptors (Lipinski definition) is 5. The molecular weight excluding hydrogens is 238 g/mol. The van der Waals surface area contributed by atoms with Gasteiger partial charge in [-0.3, -0.25) is 4.79 Å². The van der Waals surface area contributed by atoms with E-state index in [0.717, 1.165) is 26.4 Å². The lowest BCUT2D eigenvalue weighted by molar-refractivity contribution is -0.148. The zero-order valence-electron chi connectivity index (χ0n) is 10.2. The lowest BCUT2D eigenvalue weighted by Gasteiger charge is -2.26. The summed E-state index contributed by atoms with van der Waals surface area (Å²) >= 11 is 0. The van der Waals surface area contributed by atoms with Gasteiger partial charge in [0.25, 0.3) is 5.91 Å². The van der Waals surface area contributed by atoms with Crippen LogP contribution in [-0.2, 0) is 23.9 Å². The zero-order valence-corrected chi connectivity index (χ0v) is 10.2. The molecule has 0 aromatic rings. The topological polar surface area (TPSA) is 72.9 Å². The van der Waals surface area contributed by atoms with Crippen LogP contribution in [0.15, 0.2) is 0 Å². The predicted molar refractivity (Wildman–Crippen MR) is 61.2 cm³/mol. The van der Waals surface area contributed by atoms with Crippen molar-refractivity contribution in [2.45, 2.75) is 19.3 Å². The molecule has 0 aromatic carbocycles. The maximum atomic E-state index is 11.6. The molecule has 1 aliphatic heterocycles. The van der Waals surface area contributed by atoms with Gasteiger partial charge in [-0.2, -0.15) is 0 Å². The summed E-state index contributed by atoms with van der Waals surface area (Å²) in [6.45, 7) is 1.06. The van der Waals surface area contributed by atoms with Crippen LogP contribution in [0.2, 0.25) is 0 Å². The van der Waals surface area contributed by atoms with Crippen LogP contribution in [-0.4, -0.2) is 49.6 Å². The van der Waals surface area contributed by atoms with Crippen LogP contribution in [0.3, 0.4) is 0 Å². The first-order valence-corrected chi connectivity index (χ1v) is 5.68. The van der Waals surface area contributed by atoms with E-state index < -0.39 is 11.9 Å². The molecule has 0 spiro atoms. The minimum Gasteiger partial charge on any atom is -0.459 e. The molecule has 0 aliphatic carbocycles. The first kappa shape index (κ1) is 14.0. The number of likely N-dealkylation sites (tertiary alicyclic amines) is 1. The van der Waals surface area contributed by atoms with E-state index in [1.54, 1.807) is 4.90 Å². The van der Waals surface area contributed by atoms with Crippen LogP contribution < -0.4 is 0 Å². The minimum atomic E-state index is -0.911. The molecule has 0 atom stereocenters. The molecule has 0 radical (unpaired) electrons. The molecule has 1 rings (SSSR count). The smallest absolute Gasteiger partial charge is 0.385 e. The van der Waals surface area contributed by atoms with Gasteiger partial charge in [0.05, 0.1) is 7.11 Å². The second-order valence-corrected chi connectivity index (χ2v) is 3.76. The standard InChI is InChI=1S/C12H15NO5/c1-17-11(15)5-6-12(16)18-9-10(14)13-7-3-2-4-8-13/h2-4,7-9H2,1H3. The molecular formula is C12H15NO5. The molecule has 1 saturated heterocycles. The first-order valence-electron chi connectivity index (χ1n) is 5.68. The quantitative estimate of drug-likeness (QED) is 0.384. The van der Waals surface area contributed by atoms with Gasteiger partial charge >= 0.3 is 11.9 Å². The average Bonchev–Trinajstić information content (AvgIpc) is 2.42. The SMILES string of the molecule is COC(=O)C#CC(=O)OCC(=O)N1CCCCC1. The number of piperidine rings is 1. The van der Waals surface area contributed by atoms with Crippen LogP contribution in [0, 0.1) is 11.8 Å². The Kier molecular flexibility index (Phi) is 5.71. The molecule has 1 amide bonds. The van der Waals surface area contributed by atoms with Gasteiger partial charge in [0.1, 0.15) is 0 Å². The van der Waals surface area contributed by atoms with Gasteiger partial charge in [0, 0.05) is 24.9 Å². The maximum absolute atomic E-state index is 11.6. The summed E-state index contributed by atoms with van der Waals surface area (Å²) in [7, 11) is 1.15. The fraction of sp³-hybridized carbons (Fsp3) is 0.583. The Labute approximate surface area is 105 Å². The third-order valence-electron chi connectivity index (χ3n) is 2.49. The van der Waals surface area contributed by atoms with E-state index in [0.29, 0.717) is 13.1 Å². The van der Waals surface area contributed by atoms with Crippen molar-refractivity contribution in [3.05, 3.63) is 0 Å². The number of esters is 2. The number of carbonyl (C=O) groups is 3. The molecule has 0 unspecified atom stereocenters. The number of hydrogen-bond donors (Lipinski definition) is 0. The molecule has 1 fully saturated rings. The van der Waals surface area contributed by atoms with Crippen molar-refractivity contribution in [3.63, 3.8) is 0 Å². The van der Waals surface area contributed by atoms with Crippen molar-refractivity contribution in [3.8, 4) is 11.8 Å². The highest BCUT2D eigenvalue weighted by molar-refractivity contribution is 5.98. The number of nitrogens with zero attached hydrogens (tertiary/aromatic N) is 1. The van der Waals surface area contributed by atoms with E-state index in [4.69, 9.17) is 0 Å². The van der Waals surface area contributed by atoms with Gasteiger partial charge in [-0.15, -0.1) is 0 Å². The van der Waals surface area contributed by atoms with Crippen LogP contribution in [0.4, 0.5) is 0 Å². The van der Waals surface area contributed by atoms with E-state index in [1.807, 2.05) is 11.8 Å². The Morgan fingerprint density at radius 3 is 2.28 bits per heavy atom. The molecule has 6 nitrogen and oxygen atoms in total. The fourth-order valence-electron chi connectivity index (χ4n) is 1.55. The summed E-state index contributed by atoms with van der Waals surface area (Å²) in [6, 6.07) is 0. The van der Waals surface area contributed by atoms with Gasteiger partial charge in [-0.25, -0.2) is 9.59 Å². The van der Waals surface area contributed by atoms with Crippen molar-refractivity contribution in [1.29, 1.82) is 0 Å². The Hall–Kier alpha value is -2.03. The highest BCUT2D eigenvalue weighted by Crippen LogP contribution is 2.08. The van der Waals surface area contributed by atoms with Crippen molar-refractivity contribution < 1.29 is 23.9 Å². The third kappa shape index (κ3) is 4.87. The summed E-state index contributed by atoms with van der Waals surface area (Å²) < 4.78 is 8.87. The van der Waals surface area contributed by atoms with Crippen molar-refractivity contribution in [2.24, 2.45) is 0 Å². The van der Waals surface area contributed by atoms with Gasteiger partial charge in [0.15, 0.2) is 6.61 Å². The van der Waals surface area contributed by atoms with Crippen molar-refractivity contribution >= 4 is 17.8 Å².